The molecule has 1 N–H and O–H groups in total. The Morgan fingerprint density at radius 2 is 1.97 bits per heavy atom. The monoisotopic (exact) mass is 418 g/mol. The van der Waals surface area contributed by atoms with E-state index in [1.165, 1.54) is 14.2 Å². The first-order valence-corrected chi connectivity index (χ1v) is 11.0. The topological polar surface area (TPSA) is 82.1 Å². The van der Waals surface area contributed by atoms with Gasteiger partial charge < -0.3 is 19.3 Å². The zero-order valence-corrected chi connectivity index (χ0v) is 18.6. The van der Waals surface area contributed by atoms with E-state index in [0.717, 1.165) is 24.8 Å². The Morgan fingerprint density at radius 1 is 1.23 bits per heavy atom. The number of methoxy groups -OCH3 is 3. The second-order valence-electron chi connectivity index (χ2n) is 9.98. The van der Waals surface area contributed by atoms with Gasteiger partial charge in [-0.15, -0.1) is 0 Å². The van der Waals surface area contributed by atoms with Crippen LogP contribution >= 0.6 is 0 Å². The number of esters is 1. The number of ether oxygens (including phenoxy) is 3. The summed E-state index contributed by atoms with van der Waals surface area (Å²) in [6.45, 7) is 4.31. The molecule has 4 aliphatic carbocycles. The lowest BCUT2D eigenvalue weighted by Gasteiger charge is -2.60. The van der Waals surface area contributed by atoms with Crippen LogP contribution in [-0.2, 0) is 23.8 Å². The minimum Gasteiger partial charge on any atom is -0.467 e. The summed E-state index contributed by atoms with van der Waals surface area (Å²) in [5.41, 5.74) is -0.442. The highest BCUT2D eigenvalue weighted by Crippen LogP contribution is 2.68. The number of allylic oxidation sites excluding steroid dienone is 4. The van der Waals surface area contributed by atoms with Crippen molar-refractivity contribution in [2.75, 3.05) is 21.3 Å². The molecule has 3 fully saturated rings. The standard InChI is InChI=1S/C24H34O6/c1-22-10-8-15(25)12-14(22)6-7-16-17-9-11-24(30-5,20(28-3)21(27)29-4)23(17,2)13-18(26)19(16)22/h8,10,12,16-20,26H,6-7,9,11,13H2,1-5H3/t16-,17-,18?,19+,20-,22-,23-,24-/m0/s1. The van der Waals surface area contributed by atoms with E-state index in [2.05, 4.69) is 13.8 Å². The maximum atomic E-state index is 12.6. The van der Waals surface area contributed by atoms with Gasteiger partial charge in [0.1, 0.15) is 5.60 Å². The zero-order chi connectivity index (χ0) is 21.9. The number of hydrogen-bond acceptors (Lipinski definition) is 6. The van der Waals surface area contributed by atoms with Crippen LogP contribution in [0.2, 0.25) is 0 Å². The number of aliphatic hydroxyl groups is 1. The molecule has 0 radical (unpaired) electrons. The number of rotatable bonds is 4. The van der Waals surface area contributed by atoms with Gasteiger partial charge >= 0.3 is 5.97 Å². The van der Waals surface area contributed by atoms with Crippen molar-refractivity contribution in [1.82, 2.24) is 0 Å². The Bertz CT molecular complexity index is 802. The van der Waals surface area contributed by atoms with E-state index in [1.54, 1.807) is 19.3 Å². The molecule has 0 spiro atoms. The van der Waals surface area contributed by atoms with Crippen molar-refractivity contribution in [3.8, 4) is 0 Å². The third kappa shape index (κ3) is 2.66. The van der Waals surface area contributed by atoms with Gasteiger partial charge in [0.2, 0.25) is 0 Å². The second kappa shape index (κ2) is 7.28. The minimum absolute atomic E-state index is 0.0383. The highest BCUT2D eigenvalue weighted by molar-refractivity contribution is 6.01. The van der Waals surface area contributed by atoms with Crippen molar-refractivity contribution in [1.29, 1.82) is 0 Å². The third-order valence-electron chi connectivity index (χ3n) is 9.12. The van der Waals surface area contributed by atoms with Crippen LogP contribution in [0.3, 0.4) is 0 Å². The number of aliphatic hydroxyl groups excluding tert-OH is 1. The maximum Gasteiger partial charge on any atom is 0.338 e. The normalized spacial score (nSPS) is 45.8. The molecule has 3 saturated carbocycles. The molecule has 1 unspecified atom stereocenters. The van der Waals surface area contributed by atoms with Crippen LogP contribution in [0.25, 0.3) is 0 Å². The Balaban J connectivity index is 1.75. The van der Waals surface area contributed by atoms with Crippen molar-refractivity contribution < 1.29 is 28.9 Å². The quantitative estimate of drug-likeness (QED) is 0.707. The van der Waals surface area contributed by atoms with E-state index in [4.69, 9.17) is 14.2 Å². The minimum atomic E-state index is -0.846. The Hall–Kier alpha value is -1.50. The Labute approximate surface area is 178 Å². The van der Waals surface area contributed by atoms with Gasteiger partial charge in [-0.25, -0.2) is 4.79 Å². The number of fused-ring (bicyclic) bond motifs is 5. The van der Waals surface area contributed by atoms with Gasteiger partial charge in [-0.1, -0.05) is 25.5 Å². The number of ketones is 1. The van der Waals surface area contributed by atoms with Crippen LogP contribution in [0, 0.1) is 28.6 Å². The van der Waals surface area contributed by atoms with Gasteiger partial charge in [-0.2, -0.15) is 0 Å². The van der Waals surface area contributed by atoms with Crippen molar-refractivity contribution in [3.05, 3.63) is 23.8 Å². The summed E-state index contributed by atoms with van der Waals surface area (Å²) in [7, 11) is 4.52. The summed E-state index contributed by atoms with van der Waals surface area (Å²) >= 11 is 0. The molecule has 166 valence electrons. The van der Waals surface area contributed by atoms with Crippen LogP contribution in [-0.4, -0.2) is 56.0 Å². The molecule has 0 amide bonds. The first-order valence-electron chi connectivity index (χ1n) is 11.0. The van der Waals surface area contributed by atoms with E-state index < -0.39 is 29.2 Å². The molecule has 4 aliphatic rings. The van der Waals surface area contributed by atoms with E-state index in [-0.39, 0.29) is 29.0 Å². The summed E-state index contributed by atoms with van der Waals surface area (Å²) in [4.78, 5) is 24.6. The predicted molar refractivity (Wildman–Crippen MR) is 111 cm³/mol. The van der Waals surface area contributed by atoms with Crippen LogP contribution in [0.1, 0.15) is 46.0 Å². The van der Waals surface area contributed by atoms with Gasteiger partial charge in [-0.05, 0) is 56.1 Å². The Kier molecular flexibility index (Phi) is 5.27. The molecule has 8 atom stereocenters. The van der Waals surface area contributed by atoms with E-state index in [0.29, 0.717) is 12.8 Å². The van der Waals surface area contributed by atoms with Crippen molar-refractivity contribution in [2.45, 2.75) is 63.8 Å². The van der Waals surface area contributed by atoms with Crippen LogP contribution in [0.4, 0.5) is 0 Å². The molecule has 0 aromatic heterocycles. The smallest absolute Gasteiger partial charge is 0.338 e. The molecule has 0 aromatic carbocycles. The summed E-state index contributed by atoms with van der Waals surface area (Å²) in [6, 6.07) is 0. The lowest BCUT2D eigenvalue weighted by molar-refractivity contribution is -0.223. The predicted octanol–water partition coefficient (Wildman–Crippen LogP) is 2.84. The maximum absolute atomic E-state index is 12.6. The summed E-state index contributed by atoms with van der Waals surface area (Å²) in [5.74, 6) is 0.221. The van der Waals surface area contributed by atoms with Crippen LogP contribution < -0.4 is 0 Å². The van der Waals surface area contributed by atoms with Crippen molar-refractivity contribution in [3.63, 3.8) is 0 Å². The molecule has 30 heavy (non-hydrogen) atoms. The Morgan fingerprint density at radius 3 is 2.60 bits per heavy atom. The number of carbonyl (C=O) groups is 2. The summed E-state index contributed by atoms with van der Waals surface area (Å²) in [6.07, 6.45) is 7.93. The summed E-state index contributed by atoms with van der Waals surface area (Å²) in [5, 5.41) is 11.5. The molecule has 6 heteroatoms. The van der Waals surface area contributed by atoms with E-state index in [1.807, 2.05) is 6.08 Å². The fraction of sp³-hybridized carbons (Fsp3) is 0.750. The molecule has 0 aliphatic heterocycles. The molecule has 4 rings (SSSR count). The molecular formula is C24H34O6. The second-order valence-corrected chi connectivity index (χ2v) is 9.98. The molecule has 6 nitrogen and oxygen atoms in total. The molecular weight excluding hydrogens is 384 g/mol. The van der Waals surface area contributed by atoms with E-state index >= 15 is 0 Å². The third-order valence-corrected chi connectivity index (χ3v) is 9.12. The average molecular weight is 419 g/mol. The fourth-order valence-electron chi connectivity index (χ4n) is 7.80. The van der Waals surface area contributed by atoms with Crippen LogP contribution in [0.5, 0.6) is 0 Å². The molecule has 0 saturated heterocycles. The summed E-state index contributed by atoms with van der Waals surface area (Å²) < 4.78 is 16.8. The average Bonchev–Trinajstić information content (AvgIpc) is 3.01. The number of hydrogen-bond donors (Lipinski definition) is 1. The van der Waals surface area contributed by atoms with Crippen molar-refractivity contribution >= 4 is 11.8 Å². The van der Waals surface area contributed by atoms with Gasteiger partial charge in [0.05, 0.1) is 13.2 Å². The van der Waals surface area contributed by atoms with Gasteiger partial charge in [0.25, 0.3) is 0 Å². The molecule has 0 aromatic rings. The molecule has 0 heterocycles. The lowest BCUT2D eigenvalue weighted by Crippen LogP contribution is -2.64. The lowest BCUT2D eigenvalue weighted by atomic mass is 9.46. The van der Waals surface area contributed by atoms with Gasteiger partial charge in [0, 0.05) is 31.0 Å². The largest absolute Gasteiger partial charge is 0.467 e. The highest BCUT2D eigenvalue weighted by Gasteiger charge is 2.70. The van der Waals surface area contributed by atoms with Gasteiger partial charge in [-0.3, -0.25) is 4.79 Å². The number of carbonyl (C=O) groups excluding carboxylic acids is 2. The highest BCUT2D eigenvalue weighted by atomic mass is 16.6. The zero-order valence-electron chi connectivity index (χ0n) is 18.6. The SMILES string of the molecule is COC(=O)[C@H](OC)[C@@]1(OC)CC[C@H]2[C@@H]3CCC4=CC(=O)C=C[C@]4(C)[C@H]3C(O)C[C@@]21C. The van der Waals surface area contributed by atoms with Gasteiger partial charge in [0.15, 0.2) is 11.9 Å². The fourth-order valence-corrected chi connectivity index (χ4v) is 7.80. The van der Waals surface area contributed by atoms with Crippen molar-refractivity contribution in [2.24, 2.45) is 28.6 Å². The molecule has 0 bridgehead atoms. The first-order chi connectivity index (χ1) is 14.2. The first kappa shape index (κ1) is 21.7. The van der Waals surface area contributed by atoms with Crippen LogP contribution in [0.15, 0.2) is 23.8 Å². The van der Waals surface area contributed by atoms with E-state index in [9.17, 15) is 14.7 Å².